The van der Waals surface area contributed by atoms with Crippen LogP contribution in [0.3, 0.4) is 0 Å². The van der Waals surface area contributed by atoms with Crippen molar-refractivity contribution in [2.75, 3.05) is 0 Å². The van der Waals surface area contributed by atoms with Crippen LogP contribution in [0.5, 0.6) is 0 Å². The molecule has 20 heavy (non-hydrogen) atoms. The third-order valence-corrected chi connectivity index (χ3v) is 6.41. The van der Waals surface area contributed by atoms with E-state index in [0.29, 0.717) is 0 Å². The molecule has 0 aromatic carbocycles. The first-order valence-corrected chi connectivity index (χ1v) is 8.23. The summed E-state index contributed by atoms with van der Waals surface area (Å²) in [5, 5.41) is 8.44. The van der Waals surface area contributed by atoms with Crippen LogP contribution in [-0.2, 0) is 7.05 Å². The van der Waals surface area contributed by atoms with Crippen molar-refractivity contribution in [2.24, 2.45) is 42.4 Å². The monoisotopic (exact) mass is 274 g/mol. The van der Waals surface area contributed by atoms with Gasteiger partial charge in [-0.3, -0.25) is 0 Å². The fourth-order valence-corrected chi connectivity index (χ4v) is 5.57. The molecule has 4 aliphatic rings. The lowest BCUT2D eigenvalue weighted by Crippen LogP contribution is -2.46. The van der Waals surface area contributed by atoms with Gasteiger partial charge in [0, 0.05) is 7.05 Å². The first kappa shape index (κ1) is 12.8. The van der Waals surface area contributed by atoms with Crippen molar-refractivity contribution in [3.05, 3.63) is 11.6 Å². The lowest BCUT2D eigenvalue weighted by Gasteiger charge is -2.55. The van der Waals surface area contributed by atoms with Crippen LogP contribution >= 0.6 is 0 Å². The summed E-state index contributed by atoms with van der Waals surface area (Å²) in [5.74, 6) is 6.76. The van der Waals surface area contributed by atoms with E-state index in [2.05, 4.69) is 14.8 Å². The number of nitrogens with zero attached hydrogens (tertiary/aromatic N) is 3. The number of nitrogens with two attached hydrogens (primary N) is 1. The maximum atomic E-state index is 6.47. The molecular weight excluding hydrogens is 248 g/mol. The molecule has 0 saturated heterocycles. The van der Waals surface area contributed by atoms with Crippen molar-refractivity contribution in [1.82, 2.24) is 14.8 Å². The number of aromatic nitrogens is 3. The number of hydrogen-bond donors (Lipinski definition) is 1. The van der Waals surface area contributed by atoms with Crippen LogP contribution in [0, 0.1) is 36.5 Å². The molecular formula is C16H26N4. The third kappa shape index (κ3) is 1.92. The van der Waals surface area contributed by atoms with E-state index in [1.165, 1.54) is 32.1 Å². The van der Waals surface area contributed by atoms with Crippen LogP contribution < -0.4 is 5.73 Å². The Morgan fingerprint density at radius 3 is 2.20 bits per heavy atom. The van der Waals surface area contributed by atoms with Crippen LogP contribution in [0.1, 0.15) is 56.2 Å². The summed E-state index contributed by atoms with van der Waals surface area (Å²) in [5.41, 5.74) is 6.47. The molecule has 110 valence electrons. The largest absolute Gasteiger partial charge is 0.321 e. The molecule has 1 aromatic heterocycles. The molecule has 0 amide bonds. The van der Waals surface area contributed by atoms with Gasteiger partial charge in [0.2, 0.25) is 0 Å². The second-order valence-electron chi connectivity index (χ2n) is 7.60. The lowest BCUT2D eigenvalue weighted by molar-refractivity contribution is -0.0424. The van der Waals surface area contributed by atoms with Gasteiger partial charge >= 0.3 is 0 Å². The summed E-state index contributed by atoms with van der Waals surface area (Å²) in [7, 11) is 2.03. The highest BCUT2D eigenvalue weighted by atomic mass is 15.3. The van der Waals surface area contributed by atoms with Crippen LogP contribution in [0.25, 0.3) is 0 Å². The molecule has 5 rings (SSSR count). The SMILES string of the molecule is Cc1nnc(C(N)CC2C3CC4CC(C3)CC2C4)n1C. The highest BCUT2D eigenvalue weighted by molar-refractivity contribution is 5.03. The average molecular weight is 274 g/mol. The highest BCUT2D eigenvalue weighted by Gasteiger charge is 2.48. The number of aryl methyl sites for hydroxylation is 1. The molecule has 2 N–H and O–H groups in total. The Balaban J connectivity index is 1.50. The fourth-order valence-electron chi connectivity index (χ4n) is 5.57. The Morgan fingerprint density at radius 2 is 1.70 bits per heavy atom. The Morgan fingerprint density at radius 1 is 1.10 bits per heavy atom. The first-order valence-electron chi connectivity index (χ1n) is 8.23. The fraction of sp³-hybridized carbons (Fsp3) is 0.875. The lowest BCUT2D eigenvalue weighted by atomic mass is 9.51. The minimum atomic E-state index is 0.0590. The predicted molar refractivity (Wildman–Crippen MR) is 77.8 cm³/mol. The summed E-state index contributed by atoms with van der Waals surface area (Å²) in [4.78, 5) is 0. The first-order chi connectivity index (χ1) is 9.61. The van der Waals surface area contributed by atoms with Gasteiger partial charge in [-0.25, -0.2) is 0 Å². The summed E-state index contributed by atoms with van der Waals surface area (Å²) in [6.45, 7) is 1.99. The summed E-state index contributed by atoms with van der Waals surface area (Å²) >= 11 is 0. The van der Waals surface area contributed by atoms with Crippen LogP contribution in [0.4, 0.5) is 0 Å². The molecule has 4 fully saturated rings. The second kappa shape index (κ2) is 4.55. The molecule has 1 atom stereocenters. The summed E-state index contributed by atoms with van der Waals surface area (Å²) in [6.07, 6.45) is 8.53. The van der Waals surface area contributed by atoms with E-state index in [1.807, 2.05) is 14.0 Å². The summed E-state index contributed by atoms with van der Waals surface area (Å²) < 4.78 is 2.06. The topological polar surface area (TPSA) is 56.7 Å². The molecule has 4 aliphatic carbocycles. The Kier molecular flexibility index (Phi) is 2.92. The molecule has 0 spiro atoms. The Bertz CT molecular complexity index is 479. The molecule has 0 aliphatic heterocycles. The molecule has 4 saturated carbocycles. The van der Waals surface area contributed by atoms with Crippen LogP contribution in [0.15, 0.2) is 0 Å². The number of rotatable bonds is 3. The zero-order valence-electron chi connectivity index (χ0n) is 12.6. The Hall–Kier alpha value is -0.900. The molecule has 1 heterocycles. The van der Waals surface area contributed by atoms with Gasteiger partial charge in [0.25, 0.3) is 0 Å². The minimum absolute atomic E-state index is 0.0590. The molecule has 1 aromatic rings. The van der Waals surface area contributed by atoms with Gasteiger partial charge in [-0.2, -0.15) is 0 Å². The maximum absolute atomic E-state index is 6.47. The zero-order chi connectivity index (χ0) is 13.9. The van der Waals surface area contributed by atoms with Crippen molar-refractivity contribution >= 4 is 0 Å². The highest BCUT2D eigenvalue weighted by Crippen LogP contribution is 2.58. The van der Waals surface area contributed by atoms with E-state index in [4.69, 9.17) is 5.73 Å². The van der Waals surface area contributed by atoms with Gasteiger partial charge in [0.05, 0.1) is 6.04 Å². The molecule has 4 nitrogen and oxygen atoms in total. The van der Waals surface area contributed by atoms with Gasteiger partial charge in [-0.15, -0.1) is 10.2 Å². The third-order valence-electron chi connectivity index (χ3n) is 6.41. The average Bonchev–Trinajstić information content (AvgIpc) is 2.73. The van der Waals surface area contributed by atoms with E-state index < -0.39 is 0 Å². The van der Waals surface area contributed by atoms with E-state index in [9.17, 15) is 0 Å². The molecule has 4 heteroatoms. The zero-order valence-corrected chi connectivity index (χ0v) is 12.6. The molecule has 0 radical (unpaired) electrons. The van der Waals surface area contributed by atoms with Crippen molar-refractivity contribution in [1.29, 1.82) is 0 Å². The van der Waals surface area contributed by atoms with Crippen molar-refractivity contribution in [3.63, 3.8) is 0 Å². The van der Waals surface area contributed by atoms with E-state index in [-0.39, 0.29) is 6.04 Å². The van der Waals surface area contributed by atoms with E-state index in [1.54, 1.807) is 0 Å². The Labute approximate surface area is 121 Å². The van der Waals surface area contributed by atoms with Crippen LogP contribution in [0.2, 0.25) is 0 Å². The second-order valence-corrected chi connectivity index (χ2v) is 7.60. The van der Waals surface area contributed by atoms with Gasteiger partial charge in [-0.05, 0) is 75.0 Å². The van der Waals surface area contributed by atoms with Gasteiger partial charge < -0.3 is 10.3 Å². The number of hydrogen-bond acceptors (Lipinski definition) is 3. The predicted octanol–water partition coefficient (Wildman–Crippen LogP) is 2.59. The van der Waals surface area contributed by atoms with Crippen molar-refractivity contribution < 1.29 is 0 Å². The van der Waals surface area contributed by atoms with Crippen molar-refractivity contribution in [3.8, 4) is 0 Å². The van der Waals surface area contributed by atoms with E-state index in [0.717, 1.165) is 47.7 Å². The van der Waals surface area contributed by atoms with E-state index >= 15 is 0 Å². The maximum Gasteiger partial charge on any atom is 0.149 e. The smallest absolute Gasteiger partial charge is 0.149 e. The normalized spacial score (nSPS) is 40.2. The van der Waals surface area contributed by atoms with Crippen molar-refractivity contribution in [2.45, 2.75) is 51.5 Å². The van der Waals surface area contributed by atoms with Gasteiger partial charge in [-0.1, -0.05) is 0 Å². The standard InChI is InChI=1S/C16H26N4/c1-9-18-19-16(20(9)2)15(17)8-14-12-4-10-3-11(6-12)7-13(14)5-10/h10-15H,3-8,17H2,1-2H3. The molecule has 4 bridgehead atoms. The minimum Gasteiger partial charge on any atom is -0.321 e. The summed E-state index contributed by atoms with van der Waals surface area (Å²) in [6, 6.07) is 0.0590. The molecule has 1 unspecified atom stereocenters. The quantitative estimate of drug-likeness (QED) is 0.921. The van der Waals surface area contributed by atoms with Gasteiger partial charge in [0.15, 0.2) is 0 Å². The van der Waals surface area contributed by atoms with Gasteiger partial charge in [0.1, 0.15) is 11.6 Å². The van der Waals surface area contributed by atoms with Crippen LogP contribution in [-0.4, -0.2) is 14.8 Å².